The van der Waals surface area contributed by atoms with Gasteiger partial charge in [-0.1, -0.05) is 12.1 Å². The summed E-state index contributed by atoms with van der Waals surface area (Å²) in [7, 11) is 0. The number of aromatic nitrogens is 2. The van der Waals surface area contributed by atoms with Crippen LogP contribution in [0.5, 0.6) is 0 Å². The van der Waals surface area contributed by atoms with E-state index in [2.05, 4.69) is 38.3 Å². The van der Waals surface area contributed by atoms with Crippen molar-refractivity contribution in [3.63, 3.8) is 0 Å². The Morgan fingerprint density at radius 3 is 2.86 bits per heavy atom. The smallest absolute Gasteiger partial charge is 0.256 e. The molecule has 1 aliphatic heterocycles. The number of hydrogen-bond donors (Lipinski definition) is 2. The summed E-state index contributed by atoms with van der Waals surface area (Å²) in [6, 6.07) is 7.97. The SMILES string of the molecule is O=C(Nc1cnn(C2CCNCC2)c1)c1ccccc1I. The third-order valence-electron chi connectivity index (χ3n) is 3.66. The van der Waals surface area contributed by atoms with Gasteiger partial charge in [-0.25, -0.2) is 0 Å². The number of carbonyl (C=O) groups is 1. The maximum absolute atomic E-state index is 12.3. The van der Waals surface area contributed by atoms with Crippen molar-refractivity contribution in [1.29, 1.82) is 0 Å². The topological polar surface area (TPSA) is 59.0 Å². The molecule has 2 heterocycles. The molecule has 2 N–H and O–H groups in total. The van der Waals surface area contributed by atoms with E-state index in [4.69, 9.17) is 0 Å². The number of amides is 1. The molecule has 6 heteroatoms. The molecule has 1 fully saturated rings. The van der Waals surface area contributed by atoms with E-state index in [1.54, 1.807) is 6.20 Å². The molecule has 0 bridgehead atoms. The zero-order chi connectivity index (χ0) is 14.7. The van der Waals surface area contributed by atoms with Gasteiger partial charge in [-0.05, 0) is 60.7 Å². The number of benzene rings is 1. The number of rotatable bonds is 3. The predicted molar refractivity (Wildman–Crippen MR) is 90.5 cm³/mol. The molecule has 1 aromatic carbocycles. The van der Waals surface area contributed by atoms with Crippen LogP contribution in [0.25, 0.3) is 0 Å². The number of carbonyl (C=O) groups excluding carboxylic acids is 1. The van der Waals surface area contributed by atoms with Gasteiger partial charge in [0.2, 0.25) is 0 Å². The molecule has 1 saturated heterocycles. The normalized spacial score (nSPS) is 15.9. The van der Waals surface area contributed by atoms with Crippen LogP contribution in [0.2, 0.25) is 0 Å². The molecular formula is C15H17IN4O. The highest BCUT2D eigenvalue weighted by atomic mass is 127. The van der Waals surface area contributed by atoms with Gasteiger partial charge in [-0.3, -0.25) is 9.48 Å². The fourth-order valence-corrected chi connectivity index (χ4v) is 3.15. The molecule has 110 valence electrons. The van der Waals surface area contributed by atoms with Crippen molar-refractivity contribution in [2.45, 2.75) is 18.9 Å². The van der Waals surface area contributed by atoms with Gasteiger partial charge in [0.15, 0.2) is 0 Å². The Labute approximate surface area is 137 Å². The first-order valence-corrected chi connectivity index (χ1v) is 8.12. The van der Waals surface area contributed by atoms with Crippen LogP contribution in [0.15, 0.2) is 36.7 Å². The first-order valence-electron chi connectivity index (χ1n) is 7.05. The Kier molecular flexibility index (Phi) is 4.54. The third kappa shape index (κ3) is 3.44. The first-order chi connectivity index (χ1) is 10.2. The predicted octanol–water partition coefficient (Wildman–Crippen LogP) is 2.66. The summed E-state index contributed by atoms with van der Waals surface area (Å²) in [6.07, 6.45) is 5.79. The van der Waals surface area contributed by atoms with Gasteiger partial charge in [-0.2, -0.15) is 5.10 Å². The molecule has 3 rings (SSSR count). The maximum Gasteiger partial charge on any atom is 0.256 e. The molecule has 0 atom stereocenters. The van der Waals surface area contributed by atoms with Crippen molar-refractivity contribution >= 4 is 34.2 Å². The van der Waals surface area contributed by atoms with E-state index in [0.717, 1.165) is 35.2 Å². The largest absolute Gasteiger partial charge is 0.319 e. The zero-order valence-electron chi connectivity index (χ0n) is 11.6. The molecule has 21 heavy (non-hydrogen) atoms. The highest BCUT2D eigenvalue weighted by Crippen LogP contribution is 2.20. The lowest BCUT2D eigenvalue weighted by Gasteiger charge is -2.22. The van der Waals surface area contributed by atoms with Crippen molar-refractivity contribution in [2.24, 2.45) is 0 Å². The maximum atomic E-state index is 12.3. The second-order valence-electron chi connectivity index (χ2n) is 5.12. The van der Waals surface area contributed by atoms with Gasteiger partial charge in [0, 0.05) is 9.77 Å². The molecule has 0 aliphatic carbocycles. The van der Waals surface area contributed by atoms with Crippen LogP contribution in [-0.4, -0.2) is 28.8 Å². The van der Waals surface area contributed by atoms with Crippen LogP contribution in [0.4, 0.5) is 5.69 Å². The quantitative estimate of drug-likeness (QED) is 0.785. The number of nitrogens with one attached hydrogen (secondary N) is 2. The van der Waals surface area contributed by atoms with Gasteiger partial charge in [0.05, 0.1) is 23.5 Å². The van der Waals surface area contributed by atoms with Crippen molar-refractivity contribution in [3.8, 4) is 0 Å². The highest BCUT2D eigenvalue weighted by molar-refractivity contribution is 14.1. The van der Waals surface area contributed by atoms with Crippen molar-refractivity contribution < 1.29 is 4.79 Å². The lowest BCUT2D eigenvalue weighted by molar-refractivity contribution is 0.102. The number of nitrogens with zero attached hydrogens (tertiary/aromatic N) is 2. The minimum atomic E-state index is -0.0927. The lowest BCUT2D eigenvalue weighted by Crippen LogP contribution is -2.29. The van der Waals surface area contributed by atoms with E-state index in [-0.39, 0.29) is 5.91 Å². The fourth-order valence-electron chi connectivity index (χ4n) is 2.52. The summed E-state index contributed by atoms with van der Waals surface area (Å²) in [6.45, 7) is 2.04. The Morgan fingerprint density at radius 1 is 1.33 bits per heavy atom. The van der Waals surface area contributed by atoms with Crippen LogP contribution < -0.4 is 10.6 Å². The molecule has 1 aliphatic rings. The Bertz CT molecular complexity index is 634. The highest BCUT2D eigenvalue weighted by Gasteiger charge is 2.16. The van der Waals surface area contributed by atoms with E-state index in [1.165, 1.54) is 0 Å². The second-order valence-corrected chi connectivity index (χ2v) is 6.29. The number of halogens is 1. The monoisotopic (exact) mass is 396 g/mol. The number of hydrogen-bond acceptors (Lipinski definition) is 3. The minimum Gasteiger partial charge on any atom is -0.319 e. The molecule has 1 amide bonds. The van der Waals surface area contributed by atoms with Crippen LogP contribution >= 0.6 is 22.6 Å². The van der Waals surface area contributed by atoms with Crippen molar-refractivity contribution in [3.05, 3.63) is 45.8 Å². The summed E-state index contributed by atoms with van der Waals surface area (Å²) >= 11 is 2.17. The zero-order valence-corrected chi connectivity index (χ0v) is 13.7. The summed E-state index contributed by atoms with van der Waals surface area (Å²) < 4.78 is 2.91. The van der Waals surface area contributed by atoms with Crippen molar-refractivity contribution in [2.75, 3.05) is 18.4 Å². The van der Waals surface area contributed by atoms with E-state index < -0.39 is 0 Å². The van der Waals surface area contributed by atoms with Crippen LogP contribution in [0, 0.1) is 3.57 Å². The lowest BCUT2D eigenvalue weighted by atomic mass is 10.1. The molecule has 0 saturated carbocycles. The van der Waals surface area contributed by atoms with Gasteiger partial charge in [-0.15, -0.1) is 0 Å². The molecule has 0 spiro atoms. The van der Waals surface area contributed by atoms with E-state index in [0.29, 0.717) is 11.6 Å². The second kappa shape index (κ2) is 6.57. The summed E-state index contributed by atoms with van der Waals surface area (Å²) in [5.41, 5.74) is 1.44. The fraction of sp³-hybridized carbons (Fsp3) is 0.333. The summed E-state index contributed by atoms with van der Waals surface area (Å²) in [4.78, 5) is 12.3. The summed E-state index contributed by atoms with van der Waals surface area (Å²) in [5.74, 6) is -0.0927. The standard InChI is InChI=1S/C15H17IN4O/c16-14-4-2-1-3-13(14)15(21)19-11-9-18-20(10-11)12-5-7-17-8-6-12/h1-4,9-10,12,17H,5-8H2,(H,19,21). The summed E-state index contributed by atoms with van der Waals surface area (Å²) in [5, 5.41) is 10.6. The van der Waals surface area contributed by atoms with Crippen molar-refractivity contribution in [1.82, 2.24) is 15.1 Å². The molecular weight excluding hydrogens is 379 g/mol. The van der Waals surface area contributed by atoms with E-state index >= 15 is 0 Å². The van der Waals surface area contributed by atoms with Gasteiger partial charge in [0.25, 0.3) is 5.91 Å². The van der Waals surface area contributed by atoms with Crippen LogP contribution in [0.3, 0.4) is 0 Å². The Balaban J connectivity index is 1.69. The van der Waals surface area contributed by atoms with E-state index in [9.17, 15) is 4.79 Å². The molecule has 0 unspecified atom stereocenters. The Morgan fingerprint density at radius 2 is 2.10 bits per heavy atom. The molecule has 1 aromatic heterocycles. The molecule has 2 aromatic rings. The molecule has 5 nitrogen and oxygen atoms in total. The van der Waals surface area contributed by atoms with Gasteiger partial charge in [0.1, 0.15) is 0 Å². The average molecular weight is 396 g/mol. The van der Waals surface area contributed by atoms with Gasteiger partial charge >= 0.3 is 0 Å². The minimum absolute atomic E-state index is 0.0927. The van der Waals surface area contributed by atoms with Crippen LogP contribution in [0.1, 0.15) is 29.2 Å². The number of piperidine rings is 1. The van der Waals surface area contributed by atoms with Gasteiger partial charge < -0.3 is 10.6 Å². The first kappa shape index (κ1) is 14.5. The van der Waals surface area contributed by atoms with Crippen LogP contribution in [-0.2, 0) is 0 Å². The number of anilines is 1. The molecule has 0 radical (unpaired) electrons. The Hall–Kier alpha value is -1.41. The third-order valence-corrected chi connectivity index (χ3v) is 4.60. The van der Waals surface area contributed by atoms with E-state index in [1.807, 2.05) is 35.1 Å². The average Bonchev–Trinajstić information content (AvgIpc) is 2.97.